The Kier molecular flexibility index (Phi) is 1.38. The van der Waals surface area contributed by atoms with Gasteiger partial charge in [0.2, 0.25) is 0 Å². The van der Waals surface area contributed by atoms with Crippen molar-refractivity contribution in [3.63, 3.8) is 0 Å². The van der Waals surface area contributed by atoms with E-state index >= 15 is 0 Å². The Morgan fingerprint density at radius 1 is 1.29 bits per heavy atom. The number of imidazole rings is 1. The van der Waals surface area contributed by atoms with Crippen molar-refractivity contribution < 1.29 is 0 Å². The molecule has 0 atom stereocenters. The van der Waals surface area contributed by atoms with Crippen molar-refractivity contribution in [1.29, 1.82) is 0 Å². The summed E-state index contributed by atoms with van der Waals surface area (Å²) in [5.74, 6) is 0.649. The third kappa shape index (κ3) is 0.922. The van der Waals surface area contributed by atoms with Crippen LogP contribution >= 0.6 is 0 Å². The highest BCUT2D eigenvalue weighted by molar-refractivity contribution is 5.89. The summed E-state index contributed by atoms with van der Waals surface area (Å²) in [5.41, 5.74) is 2.68. The van der Waals surface area contributed by atoms with Gasteiger partial charge in [0.25, 0.3) is 0 Å². The smallest absolute Gasteiger partial charge is 0.183 e. The van der Waals surface area contributed by atoms with Gasteiger partial charge in [-0.3, -0.25) is 5.10 Å². The van der Waals surface area contributed by atoms with Gasteiger partial charge in [0.05, 0.1) is 5.52 Å². The summed E-state index contributed by atoms with van der Waals surface area (Å²) in [7, 11) is 0. The van der Waals surface area contributed by atoms with E-state index in [1.54, 1.807) is 6.33 Å². The van der Waals surface area contributed by atoms with E-state index in [9.17, 15) is 0 Å². The predicted molar refractivity (Wildman–Crippen MR) is 50.3 cm³/mol. The zero-order chi connectivity index (χ0) is 9.38. The van der Waals surface area contributed by atoms with Gasteiger partial charge in [0, 0.05) is 5.56 Å². The van der Waals surface area contributed by atoms with Crippen LogP contribution in [0.2, 0.25) is 0 Å². The fourth-order valence-electron chi connectivity index (χ4n) is 1.43. The molecule has 0 aliphatic heterocycles. The average Bonchev–Trinajstić information content (AvgIpc) is 2.88. The van der Waals surface area contributed by atoms with Gasteiger partial charge >= 0.3 is 0 Å². The normalized spacial score (nSPS) is 10.9. The summed E-state index contributed by atoms with van der Waals surface area (Å²) < 4.78 is 0. The van der Waals surface area contributed by atoms with E-state index in [0.717, 1.165) is 16.6 Å². The lowest BCUT2D eigenvalue weighted by molar-refractivity contribution is 1.10. The fraction of sp³-hybridized carbons (Fsp3) is 0. The van der Waals surface area contributed by atoms with Gasteiger partial charge in [-0.1, -0.05) is 6.07 Å². The lowest BCUT2D eigenvalue weighted by Crippen LogP contribution is -1.82. The van der Waals surface area contributed by atoms with Crippen LogP contribution in [0.5, 0.6) is 0 Å². The molecule has 0 unspecified atom stereocenters. The molecule has 1 aromatic carbocycles. The molecule has 0 saturated heterocycles. The number of H-pyrrole nitrogens is 2. The SMILES string of the molecule is [c]1nc2c(-c3nc[nH]n3)cccc2[nH]1. The molecule has 0 aliphatic carbocycles. The molecule has 5 nitrogen and oxygen atoms in total. The summed E-state index contributed by atoms with van der Waals surface area (Å²) in [4.78, 5) is 11.1. The van der Waals surface area contributed by atoms with Crippen LogP contribution < -0.4 is 0 Å². The minimum absolute atomic E-state index is 0.649. The molecule has 5 heteroatoms. The van der Waals surface area contributed by atoms with Gasteiger partial charge < -0.3 is 4.98 Å². The molecule has 0 amide bonds. The molecule has 0 fully saturated rings. The second-order valence-corrected chi connectivity index (χ2v) is 2.87. The molecule has 2 heterocycles. The average molecular weight is 184 g/mol. The zero-order valence-corrected chi connectivity index (χ0v) is 7.15. The quantitative estimate of drug-likeness (QED) is 0.596. The zero-order valence-electron chi connectivity index (χ0n) is 7.15. The number of para-hydroxylation sites is 1. The van der Waals surface area contributed by atoms with Gasteiger partial charge in [-0.15, -0.1) is 0 Å². The van der Waals surface area contributed by atoms with Crippen molar-refractivity contribution in [1.82, 2.24) is 25.1 Å². The molecule has 2 N–H and O–H groups in total. The van der Waals surface area contributed by atoms with Crippen LogP contribution in [-0.2, 0) is 0 Å². The molecular weight excluding hydrogens is 178 g/mol. The maximum absolute atomic E-state index is 4.10. The van der Waals surface area contributed by atoms with E-state index in [2.05, 4.69) is 31.5 Å². The Morgan fingerprint density at radius 3 is 3.14 bits per heavy atom. The van der Waals surface area contributed by atoms with Crippen LogP contribution in [0.15, 0.2) is 24.5 Å². The standard InChI is InChI=1S/C9H6N5/c1-2-6(9-12-5-13-14-9)8-7(3-1)10-4-11-8/h1-3,5H,(H,10,11)(H,12,13,14). The largest absolute Gasteiger partial charge is 0.335 e. The van der Waals surface area contributed by atoms with Crippen LogP contribution in [-0.4, -0.2) is 25.1 Å². The highest BCUT2D eigenvalue weighted by Gasteiger charge is 2.07. The Hall–Kier alpha value is -2.17. The van der Waals surface area contributed by atoms with Crippen LogP contribution in [0.1, 0.15) is 0 Å². The number of benzene rings is 1. The molecular formula is C9H6N5. The Morgan fingerprint density at radius 2 is 2.29 bits per heavy atom. The minimum Gasteiger partial charge on any atom is -0.335 e. The second-order valence-electron chi connectivity index (χ2n) is 2.87. The predicted octanol–water partition coefficient (Wildman–Crippen LogP) is 1.15. The Bertz CT molecular complexity index is 551. The maximum Gasteiger partial charge on any atom is 0.183 e. The maximum atomic E-state index is 4.10. The molecule has 2 aromatic heterocycles. The van der Waals surface area contributed by atoms with E-state index in [0.29, 0.717) is 5.82 Å². The van der Waals surface area contributed by atoms with Crippen molar-refractivity contribution in [2.45, 2.75) is 0 Å². The number of rotatable bonds is 1. The Labute approximate surface area is 79.2 Å². The van der Waals surface area contributed by atoms with E-state index in [1.807, 2.05) is 18.2 Å². The van der Waals surface area contributed by atoms with Crippen LogP contribution in [0.3, 0.4) is 0 Å². The molecule has 0 bridgehead atoms. The van der Waals surface area contributed by atoms with Crippen molar-refractivity contribution in [3.8, 4) is 11.4 Å². The monoisotopic (exact) mass is 184 g/mol. The van der Waals surface area contributed by atoms with Gasteiger partial charge in [-0.25, -0.2) is 9.97 Å². The number of hydrogen-bond donors (Lipinski definition) is 2. The van der Waals surface area contributed by atoms with Crippen molar-refractivity contribution in [2.24, 2.45) is 0 Å². The minimum atomic E-state index is 0.649. The number of hydrogen-bond acceptors (Lipinski definition) is 3. The first-order chi connectivity index (χ1) is 6.95. The lowest BCUT2D eigenvalue weighted by Gasteiger charge is -1.95. The lowest BCUT2D eigenvalue weighted by atomic mass is 10.2. The van der Waals surface area contributed by atoms with E-state index in [4.69, 9.17) is 0 Å². The van der Waals surface area contributed by atoms with Gasteiger partial charge in [0.1, 0.15) is 11.8 Å². The number of aromatic amines is 2. The van der Waals surface area contributed by atoms with Crippen LogP contribution in [0.25, 0.3) is 22.4 Å². The summed E-state index contributed by atoms with van der Waals surface area (Å²) >= 11 is 0. The van der Waals surface area contributed by atoms with Crippen molar-refractivity contribution in [2.75, 3.05) is 0 Å². The highest BCUT2D eigenvalue weighted by Crippen LogP contribution is 2.22. The summed E-state index contributed by atoms with van der Waals surface area (Å²) in [6, 6.07) is 5.80. The molecule has 0 saturated carbocycles. The first-order valence-electron chi connectivity index (χ1n) is 4.16. The first-order valence-corrected chi connectivity index (χ1v) is 4.16. The molecule has 14 heavy (non-hydrogen) atoms. The van der Waals surface area contributed by atoms with Gasteiger partial charge in [-0.2, -0.15) is 5.10 Å². The fourth-order valence-corrected chi connectivity index (χ4v) is 1.43. The topological polar surface area (TPSA) is 70.2 Å². The molecule has 0 aliphatic rings. The van der Waals surface area contributed by atoms with Crippen LogP contribution in [0, 0.1) is 6.33 Å². The summed E-state index contributed by atoms with van der Waals surface area (Å²) in [6.07, 6.45) is 4.25. The van der Waals surface area contributed by atoms with E-state index in [1.165, 1.54) is 0 Å². The van der Waals surface area contributed by atoms with Gasteiger partial charge in [-0.05, 0) is 12.1 Å². The number of nitrogens with one attached hydrogen (secondary N) is 2. The molecule has 3 rings (SSSR count). The number of nitrogens with zero attached hydrogens (tertiary/aromatic N) is 3. The first kappa shape index (κ1) is 7.25. The van der Waals surface area contributed by atoms with Gasteiger partial charge in [0.15, 0.2) is 12.2 Å². The second kappa shape index (κ2) is 2.66. The van der Waals surface area contributed by atoms with Crippen molar-refractivity contribution >= 4 is 11.0 Å². The molecule has 0 spiro atoms. The molecule has 3 aromatic rings. The molecule has 67 valence electrons. The number of aromatic nitrogens is 5. The van der Waals surface area contributed by atoms with Crippen LogP contribution in [0.4, 0.5) is 0 Å². The van der Waals surface area contributed by atoms with E-state index < -0.39 is 0 Å². The third-order valence-electron chi connectivity index (χ3n) is 2.05. The summed E-state index contributed by atoms with van der Waals surface area (Å²) in [6.45, 7) is 0. The number of fused-ring (bicyclic) bond motifs is 1. The van der Waals surface area contributed by atoms with Crippen molar-refractivity contribution in [3.05, 3.63) is 30.9 Å². The van der Waals surface area contributed by atoms with E-state index in [-0.39, 0.29) is 0 Å². The molecule has 1 radical (unpaired) electrons. The third-order valence-corrected chi connectivity index (χ3v) is 2.05. The summed E-state index contributed by atoms with van der Waals surface area (Å²) in [5, 5.41) is 6.69. The Balaban J connectivity index is 2.36. The highest BCUT2D eigenvalue weighted by atomic mass is 15.2.